The van der Waals surface area contributed by atoms with Crippen LogP contribution in [0.25, 0.3) is 0 Å². The SMILES string of the molecule is COCc1cc(C)nc(N/N=C\c2cc3c(cc2Br)OCO3)c1C#N. The number of aryl methyl sites for hydroxylation is 1. The number of nitriles is 1. The number of pyridine rings is 1. The molecule has 2 heterocycles. The van der Waals surface area contributed by atoms with Gasteiger partial charge in [0.15, 0.2) is 17.3 Å². The third kappa shape index (κ3) is 3.73. The van der Waals surface area contributed by atoms with Crippen molar-refractivity contribution in [3.8, 4) is 17.6 Å². The van der Waals surface area contributed by atoms with E-state index in [1.807, 2.05) is 25.1 Å². The molecular weight excluding hydrogens is 388 g/mol. The molecule has 128 valence electrons. The Bertz CT molecular complexity index is 877. The number of anilines is 1. The summed E-state index contributed by atoms with van der Waals surface area (Å²) in [7, 11) is 1.58. The summed E-state index contributed by atoms with van der Waals surface area (Å²) in [5, 5.41) is 13.6. The summed E-state index contributed by atoms with van der Waals surface area (Å²) in [5.41, 5.74) is 5.59. The average Bonchev–Trinajstić information content (AvgIpc) is 3.02. The molecule has 0 radical (unpaired) electrons. The van der Waals surface area contributed by atoms with Crippen molar-refractivity contribution in [2.24, 2.45) is 5.10 Å². The van der Waals surface area contributed by atoms with E-state index in [0.29, 0.717) is 29.5 Å². The van der Waals surface area contributed by atoms with Gasteiger partial charge in [-0.25, -0.2) is 4.98 Å². The number of halogens is 1. The second kappa shape index (κ2) is 7.51. The zero-order valence-corrected chi connectivity index (χ0v) is 15.3. The Morgan fingerprint density at radius 2 is 2.16 bits per heavy atom. The number of hydrazone groups is 1. The molecule has 0 saturated heterocycles. The van der Waals surface area contributed by atoms with E-state index in [0.717, 1.165) is 21.3 Å². The molecule has 2 aromatic rings. The van der Waals surface area contributed by atoms with E-state index in [4.69, 9.17) is 14.2 Å². The summed E-state index contributed by atoms with van der Waals surface area (Å²) in [4.78, 5) is 4.34. The second-order valence-corrected chi connectivity index (χ2v) is 6.14. The zero-order valence-electron chi connectivity index (χ0n) is 13.7. The van der Waals surface area contributed by atoms with Crippen LogP contribution in [0.2, 0.25) is 0 Å². The van der Waals surface area contributed by atoms with Crippen molar-refractivity contribution in [2.75, 3.05) is 19.3 Å². The smallest absolute Gasteiger partial charge is 0.231 e. The van der Waals surface area contributed by atoms with Gasteiger partial charge < -0.3 is 14.2 Å². The molecule has 0 bridgehead atoms. The fourth-order valence-electron chi connectivity index (χ4n) is 2.41. The monoisotopic (exact) mass is 402 g/mol. The van der Waals surface area contributed by atoms with Crippen LogP contribution >= 0.6 is 15.9 Å². The fourth-order valence-corrected chi connectivity index (χ4v) is 2.84. The average molecular weight is 403 g/mol. The molecule has 1 aromatic carbocycles. The topological polar surface area (TPSA) is 88.8 Å². The van der Waals surface area contributed by atoms with Crippen LogP contribution in [-0.2, 0) is 11.3 Å². The van der Waals surface area contributed by atoms with Crippen LogP contribution in [0, 0.1) is 18.3 Å². The van der Waals surface area contributed by atoms with Gasteiger partial charge >= 0.3 is 0 Å². The number of hydrogen-bond donors (Lipinski definition) is 1. The second-order valence-electron chi connectivity index (χ2n) is 5.29. The van der Waals surface area contributed by atoms with E-state index >= 15 is 0 Å². The number of rotatable bonds is 5. The predicted octanol–water partition coefficient (Wildman–Crippen LogP) is 3.35. The normalized spacial score (nSPS) is 12.4. The molecule has 1 aliphatic heterocycles. The summed E-state index contributed by atoms with van der Waals surface area (Å²) in [6, 6.07) is 7.62. The maximum Gasteiger partial charge on any atom is 0.231 e. The summed E-state index contributed by atoms with van der Waals surface area (Å²) < 4.78 is 16.6. The van der Waals surface area contributed by atoms with Crippen molar-refractivity contribution < 1.29 is 14.2 Å². The maximum absolute atomic E-state index is 9.41. The first-order valence-electron chi connectivity index (χ1n) is 7.40. The van der Waals surface area contributed by atoms with Gasteiger partial charge in [-0.2, -0.15) is 10.4 Å². The van der Waals surface area contributed by atoms with Gasteiger partial charge in [0.25, 0.3) is 0 Å². The predicted molar refractivity (Wildman–Crippen MR) is 95.9 cm³/mol. The van der Waals surface area contributed by atoms with Gasteiger partial charge in [0, 0.05) is 28.4 Å². The van der Waals surface area contributed by atoms with Crippen LogP contribution in [0.5, 0.6) is 11.5 Å². The van der Waals surface area contributed by atoms with Gasteiger partial charge in [0.1, 0.15) is 11.6 Å². The number of aromatic nitrogens is 1. The molecule has 1 aliphatic rings. The molecule has 0 unspecified atom stereocenters. The molecule has 8 heteroatoms. The number of methoxy groups -OCH3 is 1. The van der Waals surface area contributed by atoms with E-state index in [2.05, 4.69) is 37.5 Å². The molecule has 1 aromatic heterocycles. The van der Waals surface area contributed by atoms with Crippen LogP contribution in [0.4, 0.5) is 5.82 Å². The van der Waals surface area contributed by atoms with Gasteiger partial charge in [-0.15, -0.1) is 0 Å². The van der Waals surface area contributed by atoms with Gasteiger partial charge in [-0.05, 0) is 41.1 Å². The molecule has 25 heavy (non-hydrogen) atoms. The zero-order chi connectivity index (χ0) is 17.8. The highest BCUT2D eigenvalue weighted by molar-refractivity contribution is 9.10. The molecule has 0 aliphatic carbocycles. The van der Waals surface area contributed by atoms with E-state index in [9.17, 15) is 5.26 Å². The lowest BCUT2D eigenvalue weighted by molar-refractivity contribution is 0.174. The largest absolute Gasteiger partial charge is 0.454 e. The highest BCUT2D eigenvalue weighted by atomic mass is 79.9. The standard InChI is InChI=1S/C17H15BrN4O3/c1-10-3-12(8-23-2)13(6-19)17(21-10)22-20-7-11-4-15-16(5-14(11)18)25-9-24-15/h3-5,7H,8-9H2,1-2H3,(H,21,22)/b20-7-. The quantitative estimate of drug-likeness (QED) is 0.609. The first-order chi connectivity index (χ1) is 12.1. The third-order valence-electron chi connectivity index (χ3n) is 3.51. The molecule has 0 amide bonds. The van der Waals surface area contributed by atoms with Crippen LogP contribution < -0.4 is 14.9 Å². The van der Waals surface area contributed by atoms with Crippen LogP contribution in [0.1, 0.15) is 22.4 Å². The van der Waals surface area contributed by atoms with Gasteiger partial charge in [0.2, 0.25) is 6.79 Å². The number of benzene rings is 1. The van der Waals surface area contributed by atoms with Crippen molar-refractivity contribution in [3.05, 3.63) is 45.1 Å². The third-order valence-corrected chi connectivity index (χ3v) is 4.19. The summed E-state index contributed by atoms with van der Waals surface area (Å²) in [5.74, 6) is 1.74. The fraction of sp³-hybridized carbons (Fsp3) is 0.235. The summed E-state index contributed by atoms with van der Waals surface area (Å²) in [6.07, 6.45) is 1.62. The molecule has 0 spiro atoms. The molecule has 0 atom stereocenters. The number of fused-ring (bicyclic) bond motifs is 1. The Morgan fingerprint density at radius 3 is 2.88 bits per heavy atom. The molecule has 7 nitrogen and oxygen atoms in total. The Balaban J connectivity index is 1.84. The van der Waals surface area contributed by atoms with Gasteiger partial charge in [-0.3, -0.25) is 5.43 Å². The minimum atomic E-state index is 0.210. The van der Waals surface area contributed by atoms with Gasteiger partial charge in [-0.1, -0.05) is 0 Å². The maximum atomic E-state index is 9.41. The molecular formula is C17H15BrN4O3. The van der Waals surface area contributed by atoms with Crippen molar-refractivity contribution in [3.63, 3.8) is 0 Å². The highest BCUT2D eigenvalue weighted by Crippen LogP contribution is 2.36. The Hall–Kier alpha value is -2.63. The summed E-state index contributed by atoms with van der Waals surface area (Å²) >= 11 is 3.47. The molecule has 0 saturated carbocycles. The van der Waals surface area contributed by atoms with Crippen molar-refractivity contribution >= 4 is 28.0 Å². The lowest BCUT2D eigenvalue weighted by Crippen LogP contribution is -2.03. The molecule has 3 rings (SSSR count). The van der Waals surface area contributed by atoms with Gasteiger partial charge in [0.05, 0.1) is 12.8 Å². The lowest BCUT2D eigenvalue weighted by atomic mass is 10.1. The van der Waals surface area contributed by atoms with Crippen LogP contribution in [-0.4, -0.2) is 25.1 Å². The van der Waals surface area contributed by atoms with E-state index in [1.54, 1.807) is 13.3 Å². The number of nitrogens with one attached hydrogen (secondary N) is 1. The van der Waals surface area contributed by atoms with E-state index < -0.39 is 0 Å². The summed E-state index contributed by atoms with van der Waals surface area (Å²) in [6.45, 7) is 2.39. The number of ether oxygens (including phenoxy) is 3. The number of nitrogens with zero attached hydrogens (tertiary/aromatic N) is 3. The van der Waals surface area contributed by atoms with Crippen molar-refractivity contribution in [1.29, 1.82) is 5.26 Å². The van der Waals surface area contributed by atoms with Crippen LogP contribution in [0.15, 0.2) is 27.8 Å². The Morgan fingerprint density at radius 1 is 1.40 bits per heavy atom. The van der Waals surface area contributed by atoms with E-state index in [1.165, 1.54) is 0 Å². The van der Waals surface area contributed by atoms with Crippen molar-refractivity contribution in [2.45, 2.75) is 13.5 Å². The molecule has 0 fully saturated rings. The minimum absolute atomic E-state index is 0.210. The minimum Gasteiger partial charge on any atom is -0.454 e. The van der Waals surface area contributed by atoms with E-state index in [-0.39, 0.29) is 6.79 Å². The highest BCUT2D eigenvalue weighted by Gasteiger charge is 2.15. The number of hydrogen-bond acceptors (Lipinski definition) is 7. The first-order valence-corrected chi connectivity index (χ1v) is 8.19. The molecule has 1 N–H and O–H groups in total. The lowest BCUT2D eigenvalue weighted by Gasteiger charge is -2.09. The van der Waals surface area contributed by atoms with Crippen molar-refractivity contribution in [1.82, 2.24) is 4.98 Å². The first kappa shape index (κ1) is 17.2. The Kier molecular flexibility index (Phi) is 5.16. The van der Waals surface area contributed by atoms with Crippen LogP contribution in [0.3, 0.4) is 0 Å². The Labute approximate surface area is 153 Å².